The first-order valence-electron chi connectivity index (χ1n) is 5.38. The molecule has 0 spiro atoms. The quantitative estimate of drug-likeness (QED) is 0.817. The molecule has 1 aliphatic heterocycles. The predicted molar refractivity (Wildman–Crippen MR) is 65.6 cm³/mol. The van der Waals surface area contributed by atoms with E-state index < -0.39 is 0 Å². The average molecular weight is 250 g/mol. The van der Waals surface area contributed by atoms with Crippen molar-refractivity contribution >= 4 is 11.9 Å². The molecule has 1 aromatic rings. The van der Waals surface area contributed by atoms with Gasteiger partial charge in [0.1, 0.15) is 0 Å². The van der Waals surface area contributed by atoms with Gasteiger partial charge in [-0.2, -0.15) is 0 Å². The number of ether oxygens (including phenoxy) is 4. The molecule has 1 aliphatic rings. The van der Waals surface area contributed by atoms with E-state index in [9.17, 15) is 4.79 Å². The Bertz CT molecular complexity index is 505. The van der Waals surface area contributed by atoms with Gasteiger partial charge in [0, 0.05) is 5.56 Å². The van der Waals surface area contributed by atoms with Crippen molar-refractivity contribution in [1.29, 1.82) is 0 Å². The largest absolute Gasteiger partial charge is 0.493 e. The molecule has 2 rings (SSSR count). The van der Waals surface area contributed by atoms with Gasteiger partial charge in [-0.25, -0.2) is 0 Å². The van der Waals surface area contributed by atoms with E-state index in [-0.39, 0.29) is 12.4 Å². The van der Waals surface area contributed by atoms with Gasteiger partial charge < -0.3 is 18.9 Å². The first kappa shape index (κ1) is 12.3. The fourth-order valence-electron chi connectivity index (χ4n) is 1.80. The second-order valence-corrected chi connectivity index (χ2v) is 3.65. The first-order valence-corrected chi connectivity index (χ1v) is 5.38. The van der Waals surface area contributed by atoms with Crippen LogP contribution in [0.25, 0.3) is 6.08 Å². The summed E-state index contributed by atoms with van der Waals surface area (Å²) in [6, 6.07) is 1.74. The Hall–Kier alpha value is -2.17. The summed E-state index contributed by atoms with van der Waals surface area (Å²) in [5, 5.41) is 0. The molecule has 0 radical (unpaired) electrons. The van der Waals surface area contributed by atoms with E-state index in [1.807, 2.05) is 0 Å². The number of methoxy groups -OCH3 is 3. The van der Waals surface area contributed by atoms with Crippen molar-refractivity contribution in [3.8, 4) is 23.0 Å². The van der Waals surface area contributed by atoms with Crippen LogP contribution in [0.1, 0.15) is 5.56 Å². The van der Waals surface area contributed by atoms with Crippen LogP contribution in [0.3, 0.4) is 0 Å². The lowest BCUT2D eigenvalue weighted by atomic mass is 10.1. The first-order chi connectivity index (χ1) is 8.71. The molecule has 18 heavy (non-hydrogen) atoms. The minimum atomic E-state index is -0.105. The molecule has 1 heterocycles. The molecule has 0 unspecified atom stereocenters. The van der Waals surface area contributed by atoms with Gasteiger partial charge in [-0.15, -0.1) is 0 Å². The maximum absolute atomic E-state index is 11.3. The highest BCUT2D eigenvalue weighted by Gasteiger charge is 2.22. The highest BCUT2D eigenvalue weighted by molar-refractivity contribution is 5.96. The highest BCUT2D eigenvalue weighted by atomic mass is 16.5. The smallest absolute Gasteiger partial charge is 0.207 e. The molecule has 1 aromatic carbocycles. The van der Waals surface area contributed by atoms with Gasteiger partial charge in [-0.05, 0) is 18.2 Å². The second-order valence-electron chi connectivity index (χ2n) is 3.65. The summed E-state index contributed by atoms with van der Waals surface area (Å²) in [6.45, 7) is -0.0185. The Labute approximate surface area is 105 Å². The lowest BCUT2D eigenvalue weighted by Gasteiger charge is -2.17. The van der Waals surface area contributed by atoms with Crippen LogP contribution in [-0.4, -0.2) is 33.7 Å². The molecule has 0 N–H and O–H groups in total. The number of hydrogen-bond donors (Lipinski definition) is 0. The van der Waals surface area contributed by atoms with Crippen LogP contribution in [0.5, 0.6) is 23.0 Å². The lowest BCUT2D eigenvalue weighted by Crippen LogP contribution is -2.08. The highest BCUT2D eigenvalue weighted by Crippen LogP contribution is 2.47. The van der Waals surface area contributed by atoms with E-state index in [4.69, 9.17) is 18.9 Å². The molecule has 5 nitrogen and oxygen atoms in total. The fourth-order valence-corrected chi connectivity index (χ4v) is 1.80. The average Bonchev–Trinajstić information content (AvgIpc) is 2.58. The summed E-state index contributed by atoms with van der Waals surface area (Å²) in [7, 11) is 4.57. The van der Waals surface area contributed by atoms with E-state index in [2.05, 4.69) is 0 Å². The summed E-state index contributed by atoms with van der Waals surface area (Å²) in [5.74, 6) is 1.77. The Kier molecular flexibility index (Phi) is 3.41. The minimum Gasteiger partial charge on any atom is -0.493 e. The number of hydrogen-bond acceptors (Lipinski definition) is 5. The molecule has 0 aromatic heterocycles. The Morgan fingerprint density at radius 2 is 1.78 bits per heavy atom. The lowest BCUT2D eigenvalue weighted by molar-refractivity contribution is -0.116. The molecule has 0 aliphatic carbocycles. The van der Waals surface area contributed by atoms with Crippen molar-refractivity contribution in [3.63, 3.8) is 0 Å². The van der Waals surface area contributed by atoms with E-state index in [1.54, 1.807) is 12.1 Å². The molecule has 0 saturated carbocycles. The molecular weight excluding hydrogens is 236 g/mol. The Morgan fingerprint density at radius 1 is 1.06 bits per heavy atom. The van der Waals surface area contributed by atoms with Gasteiger partial charge >= 0.3 is 0 Å². The van der Waals surface area contributed by atoms with Crippen molar-refractivity contribution in [1.82, 2.24) is 0 Å². The third-order valence-electron chi connectivity index (χ3n) is 2.62. The molecular formula is C13H14O5. The van der Waals surface area contributed by atoms with E-state index in [0.29, 0.717) is 23.0 Å². The summed E-state index contributed by atoms with van der Waals surface area (Å²) in [6.07, 6.45) is 3.15. The molecule has 0 bridgehead atoms. The zero-order valence-corrected chi connectivity index (χ0v) is 10.5. The van der Waals surface area contributed by atoms with Crippen LogP contribution in [0.15, 0.2) is 12.1 Å². The third kappa shape index (κ3) is 1.99. The van der Waals surface area contributed by atoms with Gasteiger partial charge in [-0.1, -0.05) is 0 Å². The standard InChI is InChI=1S/C13H14O5/c1-15-10-6-8-4-5-9(14)7-18-11(8)13(17-3)12(10)16-2/h4-6H,7H2,1-3H3. The summed E-state index contributed by atoms with van der Waals surface area (Å²) in [4.78, 5) is 11.3. The zero-order chi connectivity index (χ0) is 13.1. The van der Waals surface area contributed by atoms with E-state index >= 15 is 0 Å². The molecule has 5 heteroatoms. The molecule has 0 atom stereocenters. The maximum Gasteiger partial charge on any atom is 0.207 e. The summed E-state index contributed by atoms with van der Waals surface area (Å²) >= 11 is 0. The monoisotopic (exact) mass is 250 g/mol. The van der Waals surface area contributed by atoms with Crippen LogP contribution >= 0.6 is 0 Å². The second kappa shape index (κ2) is 5.00. The minimum absolute atomic E-state index is 0.0185. The fraction of sp³-hybridized carbons (Fsp3) is 0.308. The van der Waals surface area contributed by atoms with E-state index in [0.717, 1.165) is 5.56 Å². The topological polar surface area (TPSA) is 54.0 Å². The van der Waals surface area contributed by atoms with Crippen LogP contribution in [0.4, 0.5) is 0 Å². The van der Waals surface area contributed by atoms with Crippen LogP contribution in [-0.2, 0) is 4.79 Å². The SMILES string of the molecule is COc1cc2c(c(OC)c1OC)OCC(=O)C=C2. The Balaban J connectivity index is 2.65. The van der Waals surface area contributed by atoms with Crippen molar-refractivity contribution < 1.29 is 23.7 Å². The van der Waals surface area contributed by atoms with Crippen LogP contribution < -0.4 is 18.9 Å². The summed E-state index contributed by atoms with van der Waals surface area (Å²) < 4.78 is 21.2. The summed E-state index contributed by atoms with van der Waals surface area (Å²) in [5.41, 5.74) is 0.718. The number of fused-ring (bicyclic) bond motifs is 1. The van der Waals surface area contributed by atoms with Crippen molar-refractivity contribution in [3.05, 3.63) is 17.7 Å². The molecule has 0 saturated heterocycles. The number of ketones is 1. The predicted octanol–water partition coefficient (Wildman–Crippen LogP) is 1.69. The number of rotatable bonds is 3. The van der Waals surface area contributed by atoms with Gasteiger partial charge in [0.2, 0.25) is 11.5 Å². The van der Waals surface area contributed by atoms with Gasteiger partial charge in [-0.3, -0.25) is 4.79 Å². The van der Waals surface area contributed by atoms with Crippen LogP contribution in [0.2, 0.25) is 0 Å². The van der Waals surface area contributed by atoms with Crippen molar-refractivity contribution in [2.45, 2.75) is 0 Å². The third-order valence-corrected chi connectivity index (χ3v) is 2.62. The maximum atomic E-state index is 11.3. The van der Waals surface area contributed by atoms with Gasteiger partial charge in [0.25, 0.3) is 0 Å². The van der Waals surface area contributed by atoms with Crippen LogP contribution in [0, 0.1) is 0 Å². The number of benzene rings is 1. The normalized spacial score (nSPS) is 13.4. The number of carbonyl (C=O) groups is 1. The van der Waals surface area contributed by atoms with E-state index in [1.165, 1.54) is 27.4 Å². The molecule has 96 valence electrons. The zero-order valence-electron chi connectivity index (χ0n) is 10.5. The van der Waals surface area contributed by atoms with Crippen molar-refractivity contribution in [2.75, 3.05) is 27.9 Å². The molecule has 0 amide bonds. The van der Waals surface area contributed by atoms with Gasteiger partial charge in [0.15, 0.2) is 23.9 Å². The Morgan fingerprint density at radius 3 is 2.39 bits per heavy atom. The van der Waals surface area contributed by atoms with Gasteiger partial charge in [0.05, 0.1) is 21.3 Å². The number of carbonyl (C=O) groups excluding carboxylic acids is 1. The van der Waals surface area contributed by atoms with Crippen molar-refractivity contribution in [2.24, 2.45) is 0 Å². The molecule has 0 fully saturated rings.